The minimum atomic E-state index is 0.308. The van der Waals surface area contributed by atoms with Crippen molar-refractivity contribution in [2.45, 2.75) is 26.7 Å². The molecule has 0 radical (unpaired) electrons. The summed E-state index contributed by atoms with van der Waals surface area (Å²) >= 11 is 0. The van der Waals surface area contributed by atoms with Crippen LogP contribution < -0.4 is 16.0 Å². The van der Waals surface area contributed by atoms with E-state index in [4.69, 9.17) is 5.73 Å². The minimum Gasteiger partial charge on any atom is -0.370 e. The molecule has 1 aliphatic heterocycles. The van der Waals surface area contributed by atoms with Crippen LogP contribution >= 0.6 is 0 Å². The van der Waals surface area contributed by atoms with Crippen molar-refractivity contribution in [2.24, 2.45) is 0 Å². The molecule has 0 saturated heterocycles. The van der Waals surface area contributed by atoms with Gasteiger partial charge in [0, 0.05) is 24.8 Å². The maximum Gasteiger partial charge on any atom is 0.223 e. The second-order valence-corrected chi connectivity index (χ2v) is 5.39. The molecule has 2 heterocycles. The summed E-state index contributed by atoms with van der Waals surface area (Å²) in [5.41, 5.74) is 9.76. The van der Waals surface area contributed by atoms with Gasteiger partial charge in [-0.2, -0.15) is 9.97 Å². The number of anilines is 4. The zero-order valence-corrected chi connectivity index (χ0v) is 12.6. The molecule has 1 aromatic carbocycles. The molecule has 0 amide bonds. The molecule has 3 N–H and O–H groups in total. The lowest BCUT2D eigenvalue weighted by Crippen LogP contribution is -2.26. The molecule has 110 valence electrons. The van der Waals surface area contributed by atoms with Crippen LogP contribution in [-0.4, -0.2) is 23.1 Å². The third-order valence-electron chi connectivity index (χ3n) is 3.72. The lowest BCUT2D eigenvalue weighted by molar-refractivity contribution is 0.758. The summed E-state index contributed by atoms with van der Waals surface area (Å²) in [6.45, 7) is 5.94. The number of hydrogen-bond acceptors (Lipinski definition) is 5. The molecule has 0 bridgehead atoms. The normalized spacial score (nSPS) is 13.9. The molecule has 5 nitrogen and oxygen atoms in total. The van der Waals surface area contributed by atoms with Gasteiger partial charge in [0.05, 0.1) is 0 Å². The van der Waals surface area contributed by atoms with Gasteiger partial charge in [0.15, 0.2) is 0 Å². The predicted molar refractivity (Wildman–Crippen MR) is 87.1 cm³/mol. The number of nitrogen functional groups attached to an aromatic ring is 1. The first kappa shape index (κ1) is 13.7. The highest BCUT2D eigenvalue weighted by Crippen LogP contribution is 2.33. The first-order valence-electron chi connectivity index (χ1n) is 7.43. The fraction of sp³-hybridized carbons (Fsp3) is 0.375. The quantitative estimate of drug-likeness (QED) is 0.906. The number of rotatable bonds is 3. The number of aromatic nitrogens is 2. The molecule has 3 rings (SSSR count). The van der Waals surface area contributed by atoms with E-state index >= 15 is 0 Å². The lowest BCUT2D eigenvalue weighted by Gasteiger charge is -2.31. The Bertz CT molecular complexity index is 653. The monoisotopic (exact) mass is 283 g/mol. The van der Waals surface area contributed by atoms with E-state index in [9.17, 15) is 0 Å². The van der Waals surface area contributed by atoms with E-state index in [2.05, 4.69) is 45.3 Å². The Morgan fingerprint density at radius 3 is 2.95 bits per heavy atom. The molecule has 0 saturated carbocycles. The summed E-state index contributed by atoms with van der Waals surface area (Å²) in [5, 5.41) is 3.20. The van der Waals surface area contributed by atoms with E-state index in [1.165, 1.54) is 16.8 Å². The molecule has 5 heteroatoms. The molecule has 1 aromatic heterocycles. The third kappa shape index (κ3) is 2.77. The van der Waals surface area contributed by atoms with Crippen molar-refractivity contribution in [1.29, 1.82) is 0 Å². The minimum absolute atomic E-state index is 0.308. The Kier molecular flexibility index (Phi) is 3.64. The average Bonchev–Trinajstić information content (AvgIpc) is 2.46. The predicted octanol–water partition coefficient (Wildman–Crippen LogP) is 2.88. The Hall–Kier alpha value is -2.30. The Morgan fingerprint density at radius 2 is 2.14 bits per heavy atom. The van der Waals surface area contributed by atoms with Crippen molar-refractivity contribution in [2.75, 3.05) is 29.0 Å². The third-order valence-corrected chi connectivity index (χ3v) is 3.72. The number of fused-ring (bicyclic) bond motifs is 1. The SMILES string of the molecule is CCNc1cc(N2CCCc3cc(C)ccc32)nc(N)n1. The summed E-state index contributed by atoms with van der Waals surface area (Å²) in [7, 11) is 0. The summed E-state index contributed by atoms with van der Waals surface area (Å²) in [6, 6.07) is 8.55. The van der Waals surface area contributed by atoms with E-state index in [0.29, 0.717) is 5.95 Å². The van der Waals surface area contributed by atoms with Crippen molar-refractivity contribution in [3.8, 4) is 0 Å². The summed E-state index contributed by atoms with van der Waals surface area (Å²) < 4.78 is 0. The zero-order chi connectivity index (χ0) is 14.8. The molecule has 0 fully saturated rings. The van der Waals surface area contributed by atoms with Crippen LogP contribution in [0.5, 0.6) is 0 Å². The van der Waals surface area contributed by atoms with Crippen LogP contribution in [0.4, 0.5) is 23.3 Å². The Labute approximate surface area is 125 Å². The van der Waals surface area contributed by atoms with Crippen molar-refractivity contribution >= 4 is 23.3 Å². The number of aryl methyl sites for hydroxylation is 2. The van der Waals surface area contributed by atoms with Gasteiger partial charge in [0.25, 0.3) is 0 Å². The maximum absolute atomic E-state index is 5.85. The molecule has 21 heavy (non-hydrogen) atoms. The van der Waals surface area contributed by atoms with Gasteiger partial charge in [-0.3, -0.25) is 0 Å². The van der Waals surface area contributed by atoms with E-state index in [1.54, 1.807) is 0 Å². The van der Waals surface area contributed by atoms with E-state index in [-0.39, 0.29) is 0 Å². The fourth-order valence-corrected chi connectivity index (χ4v) is 2.83. The summed E-state index contributed by atoms with van der Waals surface area (Å²) in [5.74, 6) is 1.95. The van der Waals surface area contributed by atoms with Crippen LogP contribution in [0.2, 0.25) is 0 Å². The smallest absolute Gasteiger partial charge is 0.223 e. The van der Waals surface area contributed by atoms with E-state index in [1.807, 2.05) is 13.0 Å². The highest BCUT2D eigenvalue weighted by molar-refractivity contribution is 5.68. The molecule has 0 aliphatic carbocycles. The van der Waals surface area contributed by atoms with Gasteiger partial charge in [0.2, 0.25) is 5.95 Å². The van der Waals surface area contributed by atoms with Crippen LogP contribution in [-0.2, 0) is 6.42 Å². The van der Waals surface area contributed by atoms with Gasteiger partial charge in [-0.15, -0.1) is 0 Å². The van der Waals surface area contributed by atoms with E-state index < -0.39 is 0 Å². The fourth-order valence-electron chi connectivity index (χ4n) is 2.83. The molecule has 2 aromatic rings. The number of benzene rings is 1. The van der Waals surface area contributed by atoms with Crippen LogP contribution in [0.15, 0.2) is 24.3 Å². The molecular formula is C16H21N5. The molecule has 0 atom stereocenters. The van der Waals surface area contributed by atoms with Crippen molar-refractivity contribution in [3.63, 3.8) is 0 Å². The summed E-state index contributed by atoms with van der Waals surface area (Å²) in [6.07, 6.45) is 2.24. The van der Waals surface area contributed by atoms with Gasteiger partial charge in [-0.1, -0.05) is 17.7 Å². The summed E-state index contributed by atoms with van der Waals surface area (Å²) in [4.78, 5) is 10.9. The topological polar surface area (TPSA) is 67.1 Å². The van der Waals surface area contributed by atoms with Gasteiger partial charge >= 0.3 is 0 Å². The number of nitrogens with zero attached hydrogens (tertiary/aromatic N) is 3. The zero-order valence-electron chi connectivity index (χ0n) is 12.6. The molecule has 0 spiro atoms. The van der Waals surface area contributed by atoms with Gasteiger partial charge in [-0.05, 0) is 38.3 Å². The first-order valence-corrected chi connectivity index (χ1v) is 7.43. The van der Waals surface area contributed by atoms with Crippen LogP contribution in [0.25, 0.3) is 0 Å². The van der Waals surface area contributed by atoms with Gasteiger partial charge in [-0.25, -0.2) is 0 Å². The van der Waals surface area contributed by atoms with Crippen molar-refractivity contribution in [3.05, 3.63) is 35.4 Å². The Morgan fingerprint density at radius 1 is 1.29 bits per heavy atom. The van der Waals surface area contributed by atoms with Crippen LogP contribution in [0.3, 0.4) is 0 Å². The molecule has 1 aliphatic rings. The van der Waals surface area contributed by atoms with Crippen molar-refractivity contribution in [1.82, 2.24) is 9.97 Å². The second kappa shape index (κ2) is 5.60. The van der Waals surface area contributed by atoms with Gasteiger partial charge < -0.3 is 16.0 Å². The number of hydrogen-bond donors (Lipinski definition) is 2. The van der Waals surface area contributed by atoms with Crippen LogP contribution in [0.1, 0.15) is 24.5 Å². The maximum atomic E-state index is 5.85. The second-order valence-electron chi connectivity index (χ2n) is 5.39. The Balaban J connectivity index is 2.02. The highest BCUT2D eigenvalue weighted by Gasteiger charge is 2.20. The lowest BCUT2D eigenvalue weighted by atomic mass is 9.99. The number of nitrogens with one attached hydrogen (secondary N) is 1. The van der Waals surface area contributed by atoms with Crippen LogP contribution in [0, 0.1) is 6.92 Å². The highest BCUT2D eigenvalue weighted by atomic mass is 15.2. The average molecular weight is 283 g/mol. The molecule has 0 unspecified atom stereocenters. The first-order chi connectivity index (χ1) is 10.2. The largest absolute Gasteiger partial charge is 0.370 e. The van der Waals surface area contributed by atoms with E-state index in [0.717, 1.165) is 37.6 Å². The standard InChI is InChI=1S/C16H21N5/c1-3-18-14-10-15(20-16(17)19-14)21-8-4-5-12-9-11(2)6-7-13(12)21/h6-7,9-10H,3-5,8H2,1-2H3,(H3,17,18,19,20). The molecular weight excluding hydrogens is 262 g/mol. The van der Waals surface area contributed by atoms with Crippen molar-refractivity contribution < 1.29 is 0 Å². The number of nitrogens with two attached hydrogens (primary N) is 1. The van der Waals surface area contributed by atoms with Gasteiger partial charge in [0.1, 0.15) is 11.6 Å².